The van der Waals surface area contributed by atoms with Crippen molar-refractivity contribution in [2.75, 3.05) is 0 Å². The van der Waals surface area contributed by atoms with Crippen molar-refractivity contribution < 1.29 is 10.1 Å². The SMILES string of the molecule is C=[N+]([O-])O.N. The standard InChI is InChI=1S/CH3NO2.H3N/c1-2(3)4;/h1H2,(H,3,4);1H3. The maximum Gasteiger partial charge on any atom is 0.197 e. The number of hydrogen-bond donors (Lipinski definition) is 2. The van der Waals surface area contributed by atoms with Gasteiger partial charge in [0.15, 0.2) is 6.72 Å². The van der Waals surface area contributed by atoms with Crippen LogP contribution in [0.3, 0.4) is 0 Å². The summed E-state index contributed by atoms with van der Waals surface area (Å²) < 4.78 is 0. The van der Waals surface area contributed by atoms with E-state index in [4.69, 9.17) is 10.4 Å². The van der Waals surface area contributed by atoms with E-state index in [1.807, 2.05) is 0 Å². The highest BCUT2D eigenvalue weighted by atomic mass is 16.8. The van der Waals surface area contributed by atoms with E-state index in [0.717, 1.165) is 0 Å². The van der Waals surface area contributed by atoms with Gasteiger partial charge in [-0.25, -0.2) is 0 Å². The van der Waals surface area contributed by atoms with Crippen molar-refractivity contribution in [2.24, 2.45) is 0 Å². The van der Waals surface area contributed by atoms with Crippen LogP contribution in [0.15, 0.2) is 0 Å². The molecule has 0 fully saturated rings. The lowest BCUT2D eigenvalue weighted by atomic mass is 11.7. The fourth-order valence-corrected chi connectivity index (χ4v) is 0. The second kappa shape index (κ2) is 3.23. The molecule has 0 aliphatic heterocycles. The van der Waals surface area contributed by atoms with E-state index < -0.39 is 4.90 Å². The van der Waals surface area contributed by atoms with E-state index in [1.165, 1.54) is 0 Å². The Labute approximate surface area is 29.5 Å². The van der Waals surface area contributed by atoms with Crippen LogP contribution in [-0.2, 0) is 0 Å². The first-order valence-electron chi connectivity index (χ1n) is 0.699. The first-order valence-corrected chi connectivity index (χ1v) is 0.699. The van der Waals surface area contributed by atoms with E-state index in [9.17, 15) is 0 Å². The quantitative estimate of drug-likeness (QED) is 0.181. The minimum atomic E-state index is -0.500. The van der Waals surface area contributed by atoms with Crippen molar-refractivity contribution in [3.05, 3.63) is 5.21 Å². The third-order valence-corrected chi connectivity index (χ3v) is 0. The smallest absolute Gasteiger partial charge is 0.197 e. The van der Waals surface area contributed by atoms with Gasteiger partial charge in [0.1, 0.15) is 0 Å². The van der Waals surface area contributed by atoms with Gasteiger partial charge in [-0.1, -0.05) is 0 Å². The molecule has 0 aromatic heterocycles. The zero-order chi connectivity index (χ0) is 3.58. The molecule has 4 heteroatoms. The Hall–Kier alpha value is -0.770. The van der Waals surface area contributed by atoms with E-state index >= 15 is 0 Å². The van der Waals surface area contributed by atoms with Gasteiger partial charge < -0.3 is 11.4 Å². The molecule has 0 rings (SSSR count). The van der Waals surface area contributed by atoms with Crippen molar-refractivity contribution >= 4 is 6.72 Å². The molecule has 0 bridgehead atoms. The highest BCUT2D eigenvalue weighted by Gasteiger charge is 1.50. The molecular weight excluding hydrogens is 72.0 g/mol. The van der Waals surface area contributed by atoms with Gasteiger partial charge in [-0.15, -0.1) is 0 Å². The van der Waals surface area contributed by atoms with E-state index in [1.54, 1.807) is 0 Å². The second-order valence-corrected chi connectivity index (χ2v) is 0.352. The summed E-state index contributed by atoms with van der Waals surface area (Å²) in [6.07, 6.45) is 0. The predicted octanol–water partition coefficient (Wildman–Crippen LogP) is -0.252. The van der Waals surface area contributed by atoms with Crippen LogP contribution >= 0.6 is 0 Å². The van der Waals surface area contributed by atoms with Gasteiger partial charge >= 0.3 is 0 Å². The fourth-order valence-electron chi connectivity index (χ4n) is 0. The molecule has 4 N–H and O–H groups in total. The van der Waals surface area contributed by atoms with Gasteiger partial charge in [-0.2, -0.15) is 0 Å². The fraction of sp³-hybridized carbons (Fsp3) is 0. The normalized spacial score (nSPS) is 4.80. The molecule has 5 heavy (non-hydrogen) atoms. The van der Waals surface area contributed by atoms with Gasteiger partial charge in [0.05, 0.1) is 0 Å². The summed E-state index contributed by atoms with van der Waals surface area (Å²) >= 11 is 0. The number of nitrogens with zero attached hydrogens (tertiary/aromatic N) is 1. The minimum absolute atomic E-state index is 0. The molecular formula is CH6N2O2. The van der Waals surface area contributed by atoms with Crippen LogP contribution in [0.4, 0.5) is 0 Å². The molecule has 0 saturated heterocycles. The Bertz CT molecular complexity index is 30.6. The van der Waals surface area contributed by atoms with Crippen molar-refractivity contribution in [3.8, 4) is 0 Å². The van der Waals surface area contributed by atoms with Crippen molar-refractivity contribution in [1.29, 1.82) is 0 Å². The average molecular weight is 78.1 g/mol. The minimum Gasteiger partial charge on any atom is -0.418 e. The Morgan fingerprint density at radius 2 is 1.80 bits per heavy atom. The summed E-state index contributed by atoms with van der Waals surface area (Å²) in [5.74, 6) is 0. The van der Waals surface area contributed by atoms with E-state index in [-0.39, 0.29) is 6.15 Å². The summed E-state index contributed by atoms with van der Waals surface area (Å²) in [6.45, 7) is 2.47. The maximum atomic E-state index is 8.81. The summed E-state index contributed by atoms with van der Waals surface area (Å²) in [5, 5.41) is 16.0. The predicted molar refractivity (Wildman–Crippen MR) is 17.6 cm³/mol. The van der Waals surface area contributed by atoms with Crippen LogP contribution < -0.4 is 6.15 Å². The Morgan fingerprint density at radius 3 is 1.80 bits per heavy atom. The van der Waals surface area contributed by atoms with Gasteiger partial charge in [0.2, 0.25) is 0 Å². The van der Waals surface area contributed by atoms with Crippen LogP contribution in [0.25, 0.3) is 0 Å². The van der Waals surface area contributed by atoms with Gasteiger partial charge in [-0.05, 0) is 0 Å². The monoisotopic (exact) mass is 78.0 g/mol. The third-order valence-electron chi connectivity index (χ3n) is 0. The topological polar surface area (TPSA) is 81.3 Å². The summed E-state index contributed by atoms with van der Waals surface area (Å²) in [4.78, 5) is -0.500. The molecule has 0 heterocycles. The summed E-state index contributed by atoms with van der Waals surface area (Å²) in [7, 11) is 0. The molecule has 0 spiro atoms. The van der Waals surface area contributed by atoms with Crippen LogP contribution in [0.2, 0.25) is 0 Å². The lowest BCUT2D eigenvalue weighted by Gasteiger charge is -1.70. The third kappa shape index (κ3) is 8.24. The van der Waals surface area contributed by atoms with Crippen molar-refractivity contribution in [2.45, 2.75) is 0 Å². The highest BCUT2D eigenvalue weighted by molar-refractivity contribution is 5.13. The molecule has 4 nitrogen and oxygen atoms in total. The molecule has 0 unspecified atom stereocenters. The van der Waals surface area contributed by atoms with Crippen LogP contribution in [0, 0.1) is 5.21 Å². The zero-order valence-electron chi connectivity index (χ0n) is 2.72. The molecule has 0 saturated carbocycles. The van der Waals surface area contributed by atoms with Crippen molar-refractivity contribution in [3.63, 3.8) is 0 Å². The Morgan fingerprint density at radius 1 is 1.80 bits per heavy atom. The van der Waals surface area contributed by atoms with Crippen LogP contribution in [0.1, 0.15) is 0 Å². The molecule has 0 aliphatic rings. The lowest BCUT2D eigenvalue weighted by molar-refractivity contribution is -0.719. The zero-order valence-corrected chi connectivity index (χ0v) is 2.72. The molecule has 32 valence electrons. The first kappa shape index (κ1) is 8.87. The molecule has 0 aromatic carbocycles. The first-order chi connectivity index (χ1) is 1.73. The molecule has 0 radical (unpaired) electrons. The molecule has 0 amide bonds. The second-order valence-electron chi connectivity index (χ2n) is 0.352. The molecule has 0 atom stereocenters. The number of rotatable bonds is 0. The largest absolute Gasteiger partial charge is 0.418 e. The van der Waals surface area contributed by atoms with Gasteiger partial charge in [0.25, 0.3) is 0 Å². The molecule has 0 aliphatic carbocycles. The van der Waals surface area contributed by atoms with Crippen molar-refractivity contribution in [1.82, 2.24) is 6.15 Å². The van der Waals surface area contributed by atoms with E-state index in [2.05, 4.69) is 6.72 Å². The maximum absolute atomic E-state index is 8.81. The summed E-state index contributed by atoms with van der Waals surface area (Å²) in [6, 6.07) is 0. The van der Waals surface area contributed by atoms with Gasteiger partial charge in [0, 0.05) is 4.90 Å². The summed E-state index contributed by atoms with van der Waals surface area (Å²) in [5.41, 5.74) is 0. The molecule has 0 aromatic rings. The van der Waals surface area contributed by atoms with Gasteiger partial charge in [-0.3, -0.25) is 5.21 Å². The average Bonchev–Trinajstić information content (AvgIpc) is 0.811. The lowest BCUT2D eigenvalue weighted by Crippen LogP contribution is -1.84. The number of hydrogen-bond acceptors (Lipinski definition) is 3. The Kier molecular flexibility index (Phi) is 5.73. The highest BCUT2D eigenvalue weighted by Crippen LogP contribution is 1.34. The van der Waals surface area contributed by atoms with E-state index in [0.29, 0.717) is 0 Å². The Balaban J connectivity index is 0. The van der Waals surface area contributed by atoms with Crippen LogP contribution in [-0.4, -0.2) is 16.8 Å². The van der Waals surface area contributed by atoms with Crippen LogP contribution in [0.5, 0.6) is 0 Å².